The van der Waals surface area contributed by atoms with Crippen LogP contribution in [0.2, 0.25) is 10.0 Å². The average Bonchev–Trinajstić information content (AvgIpc) is 3.19. The average molecular weight is 519 g/mol. The summed E-state index contributed by atoms with van der Waals surface area (Å²) in [6, 6.07) is 14.2. The number of benzene rings is 2. The van der Waals surface area contributed by atoms with Crippen LogP contribution in [0.1, 0.15) is 5.01 Å². The fourth-order valence-electron chi connectivity index (χ4n) is 2.69. The topological polar surface area (TPSA) is 78.9 Å². The molecule has 4 aromatic rings. The molecule has 148 valence electrons. The van der Waals surface area contributed by atoms with Gasteiger partial charge < -0.3 is 9.73 Å². The molecule has 0 unspecified atom stereocenters. The quantitative estimate of drug-likeness (QED) is 0.233. The Balaban J connectivity index is 1.67. The van der Waals surface area contributed by atoms with Gasteiger partial charge in [0, 0.05) is 26.5 Å². The molecule has 0 saturated carbocycles. The largest absolute Gasteiger partial charge is 0.422 e. The van der Waals surface area contributed by atoms with Crippen LogP contribution in [0.5, 0.6) is 0 Å². The van der Waals surface area contributed by atoms with Crippen LogP contribution < -0.4 is 10.9 Å². The highest BCUT2D eigenvalue weighted by atomic mass is 79.9. The van der Waals surface area contributed by atoms with Gasteiger partial charge in [0.1, 0.15) is 22.2 Å². The van der Waals surface area contributed by atoms with Gasteiger partial charge >= 0.3 is 5.63 Å². The molecule has 1 N–H and O–H groups in total. The smallest absolute Gasteiger partial charge is 0.345 e. The summed E-state index contributed by atoms with van der Waals surface area (Å²) >= 11 is 16.7. The number of rotatable bonds is 4. The van der Waals surface area contributed by atoms with E-state index in [4.69, 9.17) is 27.6 Å². The fourth-order valence-corrected chi connectivity index (χ4v) is 4.32. The Morgan fingerprint density at radius 2 is 2.07 bits per heavy atom. The van der Waals surface area contributed by atoms with Gasteiger partial charge in [-0.25, -0.2) is 9.78 Å². The number of allylic oxidation sites excluding steroid dienone is 1. The standard InChI is InChI=1S/C21H10BrCl2N3O2S/c22-13-1-4-19-11(5-13)6-15(21(28)29-19)18-10-30-20(27-18)12(8-25)9-26-17-3-2-14(23)7-16(17)24/h1-7,9-10,26H/b12-9+. The van der Waals surface area contributed by atoms with E-state index in [0.717, 1.165) is 9.86 Å². The summed E-state index contributed by atoms with van der Waals surface area (Å²) < 4.78 is 6.27. The van der Waals surface area contributed by atoms with Crippen molar-refractivity contribution in [3.8, 4) is 17.3 Å². The molecule has 30 heavy (non-hydrogen) atoms. The lowest BCUT2D eigenvalue weighted by molar-refractivity contribution is 0.563. The number of fused-ring (bicyclic) bond motifs is 1. The van der Waals surface area contributed by atoms with E-state index >= 15 is 0 Å². The summed E-state index contributed by atoms with van der Waals surface area (Å²) in [7, 11) is 0. The molecule has 0 atom stereocenters. The number of hydrogen-bond acceptors (Lipinski definition) is 6. The molecule has 0 radical (unpaired) electrons. The zero-order valence-corrected chi connectivity index (χ0v) is 18.9. The molecule has 0 fully saturated rings. The van der Waals surface area contributed by atoms with Gasteiger partial charge in [-0.05, 0) is 42.5 Å². The Morgan fingerprint density at radius 1 is 1.23 bits per heavy atom. The molecular weight excluding hydrogens is 509 g/mol. The summed E-state index contributed by atoms with van der Waals surface area (Å²) in [6.45, 7) is 0. The minimum absolute atomic E-state index is 0.296. The summed E-state index contributed by atoms with van der Waals surface area (Å²) in [5.74, 6) is 0. The van der Waals surface area contributed by atoms with Crippen molar-refractivity contribution in [1.29, 1.82) is 5.26 Å². The maximum atomic E-state index is 12.4. The third-order valence-electron chi connectivity index (χ3n) is 4.13. The summed E-state index contributed by atoms with van der Waals surface area (Å²) in [5.41, 5.74) is 1.67. The van der Waals surface area contributed by atoms with Gasteiger partial charge in [0.25, 0.3) is 0 Å². The molecule has 5 nitrogen and oxygen atoms in total. The first-order valence-corrected chi connectivity index (χ1v) is 10.9. The summed E-state index contributed by atoms with van der Waals surface area (Å²) in [4.78, 5) is 16.9. The van der Waals surface area contributed by atoms with Crippen molar-refractivity contribution >= 4 is 72.7 Å². The first-order chi connectivity index (χ1) is 14.4. The van der Waals surface area contributed by atoms with Gasteiger partial charge in [-0.2, -0.15) is 5.26 Å². The second-order valence-electron chi connectivity index (χ2n) is 6.11. The number of hydrogen-bond donors (Lipinski definition) is 1. The molecule has 2 heterocycles. The number of thiazole rings is 1. The third-order valence-corrected chi connectivity index (χ3v) is 6.05. The predicted molar refractivity (Wildman–Crippen MR) is 125 cm³/mol. The number of halogens is 3. The molecular formula is C21H10BrCl2N3O2S. The SMILES string of the molecule is N#C/C(=C\Nc1ccc(Cl)cc1Cl)c1nc(-c2cc3cc(Br)ccc3oc2=O)cs1. The number of nitrogens with zero attached hydrogens (tertiary/aromatic N) is 2. The van der Waals surface area contributed by atoms with E-state index in [-0.39, 0.29) is 0 Å². The van der Waals surface area contributed by atoms with Gasteiger partial charge in [0.2, 0.25) is 0 Å². The first-order valence-electron chi connectivity index (χ1n) is 8.46. The first kappa shape index (κ1) is 20.6. The van der Waals surface area contributed by atoms with Crippen molar-refractivity contribution < 1.29 is 4.42 Å². The third kappa shape index (κ3) is 4.27. The monoisotopic (exact) mass is 517 g/mol. The van der Waals surface area contributed by atoms with Crippen LogP contribution in [0, 0.1) is 11.3 Å². The second-order valence-corrected chi connectivity index (χ2v) is 8.72. The fraction of sp³-hybridized carbons (Fsp3) is 0. The van der Waals surface area contributed by atoms with Crippen molar-refractivity contribution in [2.45, 2.75) is 0 Å². The van der Waals surface area contributed by atoms with Gasteiger partial charge in [-0.1, -0.05) is 39.1 Å². The Kier molecular flexibility index (Phi) is 5.93. The lowest BCUT2D eigenvalue weighted by Gasteiger charge is -2.04. The molecule has 2 aromatic carbocycles. The minimum atomic E-state index is -0.491. The predicted octanol–water partition coefficient (Wildman–Crippen LogP) is 6.96. The van der Waals surface area contributed by atoms with E-state index in [0.29, 0.717) is 43.2 Å². The van der Waals surface area contributed by atoms with Crippen molar-refractivity contribution in [3.63, 3.8) is 0 Å². The van der Waals surface area contributed by atoms with E-state index in [1.54, 1.807) is 41.8 Å². The maximum absolute atomic E-state index is 12.4. The van der Waals surface area contributed by atoms with E-state index < -0.39 is 5.63 Å². The Labute approximate surface area is 193 Å². The van der Waals surface area contributed by atoms with Crippen LogP contribution in [0.25, 0.3) is 27.8 Å². The van der Waals surface area contributed by atoms with Crippen molar-refractivity contribution in [2.24, 2.45) is 0 Å². The molecule has 0 spiro atoms. The number of nitriles is 1. The normalized spacial score (nSPS) is 11.5. The minimum Gasteiger partial charge on any atom is -0.422 e. The molecule has 9 heteroatoms. The van der Waals surface area contributed by atoms with Crippen LogP contribution in [-0.2, 0) is 0 Å². The Hall–Kier alpha value is -2.63. The number of anilines is 1. The Morgan fingerprint density at radius 3 is 2.83 bits per heavy atom. The van der Waals surface area contributed by atoms with Gasteiger partial charge in [-0.15, -0.1) is 11.3 Å². The van der Waals surface area contributed by atoms with Crippen molar-refractivity contribution in [1.82, 2.24) is 4.98 Å². The maximum Gasteiger partial charge on any atom is 0.345 e. The van der Waals surface area contributed by atoms with E-state index in [1.807, 2.05) is 6.07 Å². The summed E-state index contributed by atoms with van der Waals surface area (Å²) in [5, 5.41) is 16.4. The van der Waals surface area contributed by atoms with E-state index in [1.165, 1.54) is 17.5 Å². The van der Waals surface area contributed by atoms with Crippen LogP contribution in [0.15, 0.2) is 67.7 Å². The highest BCUT2D eigenvalue weighted by Gasteiger charge is 2.14. The van der Waals surface area contributed by atoms with E-state index in [2.05, 4.69) is 32.3 Å². The lowest BCUT2D eigenvalue weighted by atomic mass is 10.1. The van der Waals surface area contributed by atoms with Gasteiger partial charge in [0.05, 0.1) is 22.0 Å². The second kappa shape index (κ2) is 8.62. The van der Waals surface area contributed by atoms with Gasteiger partial charge in [0.15, 0.2) is 0 Å². The van der Waals surface area contributed by atoms with Gasteiger partial charge in [-0.3, -0.25) is 0 Å². The lowest BCUT2D eigenvalue weighted by Crippen LogP contribution is -2.03. The molecule has 0 bridgehead atoms. The highest BCUT2D eigenvalue weighted by Crippen LogP contribution is 2.29. The molecule has 2 aromatic heterocycles. The van der Waals surface area contributed by atoms with Crippen LogP contribution in [-0.4, -0.2) is 4.98 Å². The molecule has 4 rings (SSSR count). The zero-order chi connectivity index (χ0) is 21.3. The van der Waals surface area contributed by atoms with Crippen molar-refractivity contribution in [3.05, 3.63) is 84.0 Å². The van der Waals surface area contributed by atoms with E-state index in [9.17, 15) is 10.1 Å². The van der Waals surface area contributed by atoms with Crippen LogP contribution in [0.4, 0.5) is 5.69 Å². The molecule has 0 amide bonds. The molecule has 0 aliphatic heterocycles. The molecule has 0 saturated heterocycles. The highest BCUT2D eigenvalue weighted by molar-refractivity contribution is 9.10. The van der Waals surface area contributed by atoms with Crippen molar-refractivity contribution in [2.75, 3.05) is 5.32 Å². The Bertz CT molecular complexity index is 1410. The van der Waals surface area contributed by atoms with Crippen LogP contribution >= 0.6 is 50.5 Å². The zero-order valence-electron chi connectivity index (χ0n) is 14.9. The number of nitrogens with one attached hydrogen (secondary N) is 1. The van der Waals surface area contributed by atoms with Crippen LogP contribution in [0.3, 0.4) is 0 Å². The summed E-state index contributed by atoms with van der Waals surface area (Å²) in [6.07, 6.45) is 1.51. The number of aromatic nitrogens is 1. The molecule has 0 aliphatic rings. The molecule has 0 aliphatic carbocycles.